The van der Waals surface area contributed by atoms with Gasteiger partial charge >= 0.3 is 0 Å². The second-order valence-corrected chi connectivity index (χ2v) is 11.1. The molecule has 3 aromatic carbocycles. The van der Waals surface area contributed by atoms with Gasteiger partial charge in [-0.15, -0.1) is 0 Å². The zero-order chi connectivity index (χ0) is 20.4. The van der Waals surface area contributed by atoms with Gasteiger partial charge in [0.25, 0.3) is 14.3 Å². The predicted octanol–water partition coefficient (Wildman–Crippen LogP) is 4.59. The van der Waals surface area contributed by atoms with E-state index < -0.39 is 8.32 Å². The van der Waals surface area contributed by atoms with E-state index in [1.165, 1.54) is 16.7 Å². The summed E-state index contributed by atoms with van der Waals surface area (Å²) >= 11 is 0. The van der Waals surface area contributed by atoms with E-state index in [9.17, 15) is 4.79 Å². The van der Waals surface area contributed by atoms with Crippen molar-refractivity contribution < 1.29 is 14.3 Å². The molecular formula is C25H28O3Si. The molecule has 0 spiro atoms. The second kappa shape index (κ2) is 10.7. The zero-order valence-electron chi connectivity index (χ0n) is 16.7. The van der Waals surface area contributed by atoms with E-state index in [4.69, 9.17) is 9.53 Å². The SMILES string of the molecule is O=C(CCCO)O[Si](Cc1ccccc1)(Cc1ccccc1)Cc1ccccc1. The fourth-order valence-corrected chi connectivity index (χ4v) is 7.83. The Morgan fingerprint density at radius 1 is 0.690 bits per heavy atom. The molecule has 0 aliphatic heterocycles. The molecule has 0 aromatic heterocycles. The summed E-state index contributed by atoms with van der Waals surface area (Å²) in [4.78, 5) is 12.7. The van der Waals surface area contributed by atoms with Crippen molar-refractivity contribution >= 4 is 14.3 Å². The number of aliphatic hydroxyl groups excluding tert-OH is 1. The highest BCUT2D eigenvalue weighted by Gasteiger charge is 2.39. The van der Waals surface area contributed by atoms with Crippen LogP contribution in [0.15, 0.2) is 91.0 Å². The number of rotatable bonds is 10. The van der Waals surface area contributed by atoms with Crippen molar-refractivity contribution in [2.75, 3.05) is 6.61 Å². The first-order valence-electron chi connectivity index (χ1n) is 10.1. The van der Waals surface area contributed by atoms with Crippen molar-refractivity contribution in [3.05, 3.63) is 108 Å². The van der Waals surface area contributed by atoms with Gasteiger partial charge in [-0.05, 0) is 23.1 Å². The molecule has 0 atom stereocenters. The molecule has 3 rings (SSSR count). The van der Waals surface area contributed by atoms with Crippen LogP contribution in [0.25, 0.3) is 0 Å². The lowest BCUT2D eigenvalue weighted by atomic mass is 10.2. The van der Waals surface area contributed by atoms with Crippen LogP contribution >= 0.6 is 0 Å². The Morgan fingerprint density at radius 2 is 1.07 bits per heavy atom. The molecule has 1 N–H and O–H groups in total. The number of hydrogen-bond donors (Lipinski definition) is 1. The van der Waals surface area contributed by atoms with Crippen LogP contribution in [0.1, 0.15) is 29.5 Å². The van der Waals surface area contributed by atoms with Crippen molar-refractivity contribution in [2.45, 2.75) is 31.0 Å². The minimum atomic E-state index is -2.56. The first kappa shape index (κ1) is 21.0. The topological polar surface area (TPSA) is 46.5 Å². The van der Waals surface area contributed by atoms with E-state index in [2.05, 4.69) is 36.4 Å². The Labute approximate surface area is 174 Å². The molecule has 4 heteroatoms. The third-order valence-electron chi connectivity index (χ3n) is 4.98. The number of carbonyl (C=O) groups excluding carboxylic acids is 1. The van der Waals surface area contributed by atoms with E-state index >= 15 is 0 Å². The quantitative estimate of drug-likeness (QED) is 0.503. The van der Waals surface area contributed by atoms with E-state index in [0.29, 0.717) is 6.42 Å². The first-order valence-corrected chi connectivity index (χ1v) is 12.7. The standard InChI is InChI=1S/C25H28O3Si/c26-18-10-17-25(27)28-29(19-22-11-4-1-5-12-22,20-23-13-6-2-7-14-23)21-24-15-8-3-9-16-24/h1-9,11-16,26H,10,17-21H2. The van der Waals surface area contributed by atoms with Crippen molar-refractivity contribution in [2.24, 2.45) is 0 Å². The zero-order valence-corrected chi connectivity index (χ0v) is 17.7. The third-order valence-corrected chi connectivity index (χ3v) is 8.80. The summed E-state index contributed by atoms with van der Waals surface area (Å²) in [5.41, 5.74) is 3.59. The molecule has 0 saturated heterocycles. The summed E-state index contributed by atoms with van der Waals surface area (Å²) in [5.74, 6) is -0.200. The monoisotopic (exact) mass is 404 g/mol. The van der Waals surface area contributed by atoms with Gasteiger partial charge in [-0.2, -0.15) is 0 Å². The molecule has 3 aromatic rings. The van der Waals surface area contributed by atoms with E-state index in [0.717, 1.165) is 18.1 Å². The molecule has 0 saturated carbocycles. The van der Waals surface area contributed by atoms with Crippen LogP contribution in [-0.4, -0.2) is 26.0 Å². The molecule has 0 fully saturated rings. The van der Waals surface area contributed by atoms with Crippen molar-refractivity contribution in [3.8, 4) is 0 Å². The minimum absolute atomic E-state index is 0.000286. The molecule has 150 valence electrons. The maximum absolute atomic E-state index is 12.7. The maximum Gasteiger partial charge on any atom is 0.292 e. The van der Waals surface area contributed by atoms with Gasteiger partial charge in [-0.3, -0.25) is 4.79 Å². The summed E-state index contributed by atoms with van der Waals surface area (Å²) in [6, 6.07) is 33.2. The van der Waals surface area contributed by atoms with Crippen molar-refractivity contribution in [1.29, 1.82) is 0 Å². The van der Waals surface area contributed by atoms with E-state index in [1.54, 1.807) is 0 Å². The lowest BCUT2D eigenvalue weighted by Crippen LogP contribution is -2.49. The Bertz CT molecular complexity index is 765. The smallest absolute Gasteiger partial charge is 0.292 e. The summed E-state index contributed by atoms with van der Waals surface area (Å²) in [7, 11) is -2.56. The fraction of sp³-hybridized carbons (Fsp3) is 0.240. The lowest BCUT2D eigenvalue weighted by molar-refractivity contribution is -0.135. The largest absolute Gasteiger partial charge is 0.518 e. The molecule has 0 heterocycles. The maximum atomic E-state index is 12.7. The van der Waals surface area contributed by atoms with Gasteiger partial charge in [0, 0.05) is 31.2 Å². The second-order valence-electron chi connectivity index (χ2n) is 7.47. The van der Waals surface area contributed by atoms with E-state index in [1.807, 2.05) is 54.6 Å². The molecule has 0 bridgehead atoms. The van der Waals surface area contributed by atoms with Gasteiger partial charge in [0.15, 0.2) is 0 Å². The van der Waals surface area contributed by atoms with Crippen LogP contribution in [0.3, 0.4) is 0 Å². The third kappa shape index (κ3) is 6.70. The highest BCUT2D eigenvalue weighted by atomic mass is 28.4. The molecule has 3 nitrogen and oxygen atoms in total. The first-order chi connectivity index (χ1) is 14.2. The molecular weight excluding hydrogens is 376 g/mol. The predicted molar refractivity (Wildman–Crippen MR) is 119 cm³/mol. The Kier molecular flexibility index (Phi) is 7.79. The van der Waals surface area contributed by atoms with Crippen LogP contribution in [0.2, 0.25) is 0 Å². The highest BCUT2D eigenvalue weighted by molar-refractivity contribution is 6.73. The molecule has 0 amide bonds. The summed E-state index contributed by atoms with van der Waals surface area (Å²) < 4.78 is 6.34. The Balaban J connectivity index is 1.96. The van der Waals surface area contributed by atoms with Crippen LogP contribution in [0.4, 0.5) is 0 Å². The molecule has 0 aliphatic rings. The average molecular weight is 405 g/mol. The van der Waals surface area contributed by atoms with Gasteiger partial charge in [0.1, 0.15) is 0 Å². The summed E-state index contributed by atoms with van der Waals surface area (Å²) in [6.45, 7) is -0.000286. The van der Waals surface area contributed by atoms with Gasteiger partial charge in [0.05, 0.1) is 0 Å². The van der Waals surface area contributed by atoms with Crippen molar-refractivity contribution in [3.63, 3.8) is 0 Å². The van der Waals surface area contributed by atoms with Crippen LogP contribution in [-0.2, 0) is 27.4 Å². The van der Waals surface area contributed by atoms with Gasteiger partial charge in [-0.25, -0.2) is 0 Å². The Morgan fingerprint density at radius 3 is 1.41 bits per heavy atom. The molecule has 0 radical (unpaired) electrons. The minimum Gasteiger partial charge on any atom is -0.518 e. The fourth-order valence-electron chi connectivity index (χ4n) is 3.72. The number of hydrogen-bond acceptors (Lipinski definition) is 3. The van der Waals surface area contributed by atoms with Crippen LogP contribution < -0.4 is 0 Å². The van der Waals surface area contributed by atoms with Crippen LogP contribution in [0, 0.1) is 0 Å². The van der Waals surface area contributed by atoms with Crippen LogP contribution in [0.5, 0.6) is 0 Å². The van der Waals surface area contributed by atoms with E-state index in [-0.39, 0.29) is 19.0 Å². The molecule has 0 aliphatic carbocycles. The summed E-state index contributed by atoms with van der Waals surface area (Å²) in [5, 5.41) is 9.12. The van der Waals surface area contributed by atoms with Gasteiger partial charge in [-0.1, -0.05) is 91.0 Å². The van der Waals surface area contributed by atoms with Gasteiger partial charge in [0.2, 0.25) is 0 Å². The summed E-state index contributed by atoms with van der Waals surface area (Å²) in [6.07, 6.45) is 0.689. The normalized spacial score (nSPS) is 11.2. The van der Waals surface area contributed by atoms with Gasteiger partial charge < -0.3 is 9.53 Å². The number of benzene rings is 3. The molecule has 0 unspecified atom stereocenters. The highest BCUT2D eigenvalue weighted by Crippen LogP contribution is 2.25. The lowest BCUT2D eigenvalue weighted by Gasteiger charge is -2.32. The Hall–Kier alpha value is -2.69. The number of aliphatic hydroxyl groups is 1. The van der Waals surface area contributed by atoms with Crippen molar-refractivity contribution in [1.82, 2.24) is 0 Å². The number of carbonyl (C=O) groups is 1. The molecule has 29 heavy (non-hydrogen) atoms. The average Bonchev–Trinajstić information content (AvgIpc) is 2.74.